The highest BCUT2D eigenvalue weighted by Crippen LogP contribution is 2.33. The molecule has 19 heavy (non-hydrogen) atoms. The Labute approximate surface area is 123 Å². The minimum Gasteiger partial charge on any atom is -0.323 e. The Morgan fingerprint density at radius 2 is 2.05 bits per heavy atom. The van der Waals surface area contributed by atoms with E-state index < -0.39 is 0 Å². The van der Waals surface area contributed by atoms with E-state index in [1.54, 1.807) is 4.88 Å². The molecule has 1 atom stereocenters. The first kappa shape index (κ1) is 13.2. The fraction of sp³-hybridized carbons (Fsp3) is 0.375. The van der Waals surface area contributed by atoms with E-state index in [0.717, 1.165) is 11.4 Å². The Hall–Kier alpha value is -0.830. The van der Waals surface area contributed by atoms with Gasteiger partial charge in [-0.1, -0.05) is 23.7 Å². The fourth-order valence-corrected chi connectivity index (χ4v) is 4.19. The molecule has 2 N–H and O–H groups in total. The lowest BCUT2D eigenvalue weighted by atomic mass is 9.98. The molecule has 100 valence electrons. The van der Waals surface area contributed by atoms with Gasteiger partial charge >= 0.3 is 0 Å². The van der Waals surface area contributed by atoms with E-state index >= 15 is 0 Å². The van der Waals surface area contributed by atoms with Crippen LogP contribution in [0.3, 0.4) is 0 Å². The molecule has 1 aliphatic carbocycles. The molecule has 1 nitrogen and oxygen atoms in total. The molecule has 0 amide bonds. The van der Waals surface area contributed by atoms with Crippen molar-refractivity contribution in [3.05, 3.63) is 56.2 Å². The second-order valence-electron chi connectivity index (χ2n) is 5.24. The summed E-state index contributed by atoms with van der Waals surface area (Å²) >= 11 is 7.93. The van der Waals surface area contributed by atoms with Crippen molar-refractivity contribution in [1.29, 1.82) is 0 Å². The quantitative estimate of drug-likeness (QED) is 0.884. The smallest absolute Gasteiger partial charge is 0.0430 e. The van der Waals surface area contributed by atoms with Crippen molar-refractivity contribution >= 4 is 22.9 Å². The van der Waals surface area contributed by atoms with Gasteiger partial charge in [-0.3, -0.25) is 0 Å². The molecule has 0 radical (unpaired) electrons. The van der Waals surface area contributed by atoms with Gasteiger partial charge in [0, 0.05) is 20.8 Å². The average Bonchev–Trinajstić information content (AvgIpc) is 2.82. The van der Waals surface area contributed by atoms with Crippen LogP contribution in [0.1, 0.15) is 39.8 Å². The lowest BCUT2D eigenvalue weighted by molar-refractivity contribution is 0.695. The van der Waals surface area contributed by atoms with E-state index in [1.165, 1.54) is 41.7 Å². The second kappa shape index (κ2) is 5.66. The topological polar surface area (TPSA) is 26.0 Å². The van der Waals surface area contributed by atoms with Gasteiger partial charge in [-0.15, -0.1) is 11.3 Å². The maximum Gasteiger partial charge on any atom is 0.0430 e. The average molecular weight is 292 g/mol. The van der Waals surface area contributed by atoms with E-state index in [0.29, 0.717) is 0 Å². The first-order chi connectivity index (χ1) is 9.22. The van der Waals surface area contributed by atoms with Crippen molar-refractivity contribution in [3.8, 4) is 0 Å². The van der Waals surface area contributed by atoms with Gasteiger partial charge in [-0.2, -0.15) is 0 Å². The van der Waals surface area contributed by atoms with E-state index in [4.69, 9.17) is 17.3 Å². The Kier molecular flexibility index (Phi) is 3.92. The third kappa shape index (κ3) is 3.02. The van der Waals surface area contributed by atoms with Crippen LogP contribution in [0, 0.1) is 0 Å². The van der Waals surface area contributed by atoms with Gasteiger partial charge in [0.15, 0.2) is 0 Å². The van der Waals surface area contributed by atoms with Crippen molar-refractivity contribution in [1.82, 2.24) is 0 Å². The van der Waals surface area contributed by atoms with Crippen LogP contribution in [0.4, 0.5) is 0 Å². The van der Waals surface area contributed by atoms with Gasteiger partial charge in [0.1, 0.15) is 0 Å². The summed E-state index contributed by atoms with van der Waals surface area (Å²) in [5, 5.41) is 0.787. The summed E-state index contributed by atoms with van der Waals surface area (Å²) in [4.78, 5) is 2.88. The molecule has 1 aliphatic rings. The Morgan fingerprint density at radius 1 is 1.21 bits per heavy atom. The van der Waals surface area contributed by atoms with E-state index in [1.807, 2.05) is 29.5 Å². The van der Waals surface area contributed by atoms with Crippen molar-refractivity contribution in [2.24, 2.45) is 5.73 Å². The van der Waals surface area contributed by atoms with Crippen LogP contribution in [0.5, 0.6) is 0 Å². The number of halogens is 1. The maximum atomic E-state index is 6.36. The van der Waals surface area contributed by atoms with E-state index in [-0.39, 0.29) is 6.04 Å². The number of hydrogen-bond donors (Lipinski definition) is 1. The van der Waals surface area contributed by atoms with Crippen LogP contribution in [-0.2, 0) is 19.3 Å². The summed E-state index contributed by atoms with van der Waals surface area (Å²) in [5.41, 5.74) is 9.11. The molecule has 0 bridgehead atoms. The van der Waals surface area contributed by atoms with Crippen molar-refractivity contribution < 1.29 is 0 Å². The summed E-state index contributed by atoms with van der Waals surface area (Å²) in [5.74, 6) is 0. The van der Waals surface area contributed by atoms with Gasteiger partial charge < -0.3 is 5.73 Å². The third-order valence-electron chi connectivity index (χ3n) is 3.73. The minimum absolute atomic E-state index is 0.0917. The summed E-state index contributed by atoms with van der Waals surface area (Å²) in [6.45, 7) is 0. The Morgan fingerprint density at radius 3 is 2.84 bits per heavy atom. The number of thiophene rings is 1. The highest BCUT2D eigenvalue weighted by Gasteiger charge is 2.17. The van der Waals surface area contributed by atoms with Crippen LogP contribution >= 0.6 is 22.9 Å². The fourth-order valence-electron chi connectivity index (χ4n) is 2.71. The highest BCUT2D eigenvalue weighted by atomic mass is 35.5. The molecular formula is C16H18ClNS. The molecule has 1 unspecified atom stereocenters. The van der Waals surface area contributed by atoms with Crippen molar-refractivity contribution in [2.45, 2.75) is 38.1 Å². The zero-order valence-corrected chi connectivity index (χ0v) is 12.4. The second-order valence-corrected chi connectivity index (χ2v) is 6.85. The van der Waals surface area contributed by atoms with E-state index in [9.17, 15) is 0 Å². The number of benzene rings is 1. The highest BCUT2D eigenvalue weighted by molar-refractivity contribution is 7.12. The minimum atomic E-state index is 0.0917. The molecule has 0 spiro atoms. The molecule has 0 saturated heterocycles. The van der Waals surface area contributed by atoms with Crippen LogP contribution in [-0.4, -0.2) is 0 Å². The van der Waals surface area contributed by atoms with Crippen LogP contribution < -0.4 is 5.73 Å². The van der Waals surface area contributed by atoms with Crippen LogP contribution in [0.25, 0.3) is 0 Å². The van der Waals surface area contributed by atoms with Gasteiger partial charge in [0.25, 0.3) is 0 Å². The SMILES string of the molecule is NC(Cc1cccc(Cl)c1)c1cc2c(s1)CCCC2. The predicted molar refractivity (Wildman–Crippen MR) is 83.0 cm³/mol. The number of fused-ring (bicyclic) bond motifs is 1. The lowest BCUT2D eigenvalue weighted by Crippen LogP contribution is -2.11. The third-order valence-corrected chi connectivity index (χ3v) is 5.33. The molecule has 2 aromatic rings. The summed E-state index contributed by atoms with van der Waals surface area (Å²) in [6, 6.07) is 10.4. The molecule has 0 fully saturated rings. The maximum absolute atomic E-state index is 6.36. The number of aryl methyl sites for hydroxylation is 2. The predicted octanol–water partition coefficient (Wildman–Crippen LogP) is 4.52. The van der Waals surface area contributed by atoms with Gasteiger partial charge in [0.2, 0.25) is 0 Å². The molecular weight excluding hydrogens is 274 g/mol. The molecule has 1 aromatic heterocycles. The monoisotopic (exact) mass is 291 g/mol. The standard InChI is InChI=1S/C16H18ClNS/c17-13-6-3-4-11(8-13)9-14(18)16-10-12-5-1-2-7-15(12)19-16/h3-4,6,8,10,14H,1-2,5,7,9,18H2. The Balaban J connectivity index is 1.76. The van der Waals surface area contributed by atoms with Crippen molar-refractivity contribution in [3.63, 3.8) is 0 Å². The van der Waals surface area contributed by atoms with Gasteiger partial charge in [0.05, 0.1) is 0 Å². The first-order valence-electron chi connectivity index (χ1n) is 6.84. The van der Waals surface area contributed by atoms with Gasteiger partial charge in [-0.25, -0.2) is 0 Å². The van der Waals surface area contributed by atoms with Crippen LogP contribution in [0.15, 0.2) is 30.3 Å². The van der Waals surface area contributed by atoms with Crippen molar-refractivity contribution in [2.75, 3.05) is 0 Å². The molecule has 3 rings (SSSR count). The molecule has 0 aliphatic heterocycles. The summed E-state index contributed by atoms with van der Waals surface area (Å²) in [6.07, 6.45) is 5.99. The number of rotatable bonds is 3. The number of nitrogens with two attached hydrogens (primary N) is 1. The normalized spacial score (nSPS) is 16.1. The zero-order chi connectivity index (χ0) is 13.2. The molecule has 1 aromatic carbocycles. The zero-order valence-electron chi connectivity index (χ0n) is 10.9. The summed E-state index contributed by atoms with van der Waals surface area (Å²) < 4.78 is 0. The van der Waals surface area contributed by atoms with Crippen LogP contribution in [0.2, 0.25) is 5.02 Å². The van der Waals surface area contributed by atoms with E-state index in [2.05, 4.69) is 12.1 Å². The molecule has 3 heteroatoms. The largest absolute Gasteiger partial charge is 0.323 e. The summed E-state index contributed by atoms with van der Waals surface area (Å²) in [7, 11) is 0. The number of hydrogen-bond acceptors (Lipinski definition) is 2. The lowest BCUT2D eigenvalue weighted by Gasteiger charge is -2.09. The van der Waals surface area contributed by atoms with Gasteiger partial charge in [-0.05, 0) is 61.4 Å². The first-order valence-corrected chi connectivity index (χ1v) is 8.03. The Bertz CT molecular complexity index is 552. The molecule has 1 heterocycles. The molecule has 0 saturated carbocycles.